The number of hydrogen-bond acceptors (Lipinski definition) is 4. The molecule has 2 amide bonds. The molecule has 0 saturated carbocycles. The number of amides is 2. The van der Waals surface area contributed by atoms with E-state index < -0.39 is 0 Å². The maximum Gasteiger partial charge on any atom is 0.257 e. The van der Waals surface area contributed by atoms with Gasteiger partial charge in [0.25, 0.3) is 5.91 Å². The molecule has 1 aromatic heterocycles. The van der Waals surface area contributed by atoms with Crippen LogP contribution in [-0.4, -0.2) is 40.8 Å². The van der Waals surface area contributed by atoms with Crippen LogP contribution in [0, 0.1) is 13.8 Å². The molecule has 0 atom stereocenters. The number of carbonyl (C=O) groups is 2. The topological polar surface area (TPSA) is 74.3 Å². The van der Waals surface area contributed by atoms with Crippen molar-refractivity contribution in [2.24, 2.45) is 0 Å². The lowest BCUT2D eigenvalue weighted by molar-refractivity contribution is -0.122. The smallest absolute Gasteiger partial charge is 0.257 e. The second-order valence-corrected chi connectivity index (χ2v) is 7.80. The second-order valence-electron chi connectivity index (χ2n) is 7.80. The van der Waals surface area contributed by atoms with Crippen LogP contribution in [0.2, 0.25) is 0 Å². The van der Waals surface area contributed by atoms with Gasteiger partial charge in [-0.15, -0.1) is 0 Å². The highest BCUT2D eigenvalue weighted by molar-refractivity contribution is 6.00. The third-order valence-corrected chi connectivity index (χ3v) is 3.91. The first-order chi connectivity index (χ1) is 12.6. The number of nitrogens with zero attached hydrogens (tertiary/aromatic N) is 2. The number of pyridine rings is 1. The minimum atomic E-state index is -0.342. The Bertz CT molecular complexity index is 840. The Balaban J connectivity index is 2.18. The van der Waals surface area contributed by atoms with E-state index in [1.807, 2.05) is 46.8 Å². The fraction of sp³-hybridized carbons (Fsp3) is 0.381. The highest BCUT2D eigenvalue weighted by atomic mass is 16.2. The van der Waals surface area contributed by atoms with Crippen molar-refractivity contribution in [3.63, 3.8) is 0 Å². The number of hydrogen-bond donors (Lipinski definition) is 2. The third-order valence-electron chi connectivity index (χ3n) is 3.91. The van der Waals surface area contributed by atoms with Gasteiger partial charge in [0.05, 0.1) is 12.1 Å². The average molecular weight is 368 g/mol. The Morgan fingerprint density at radius 3 is 2.48 bits per heavy atom. The summed E-state index contributed by atoms with van der Waals surface area (Å²) >= 11 is 0. The molecule has 0 aliphatic heterocycles. The first-order valence-corrected chi connectivity index (χ1v) is 8.92. The number of carbonyl (C=O) groups excluding carboxylic acids is 2. The number of nitrogens with one attached hydrogen (secondary N) is 2. The number of likely N-dealkylation sites (N-methyl/N-ethyl adjacent to an activating group) is 1. The van der Waals surface area contributed by atoms with Gasteiger partial charge < -0.3 is 15.5 Å². The van der Waals surface area contributed by atoms with Crippen molar-refractivity contribution in [3.8, 4) is 0 Å². The van der Waals surface area contributed by atoms with Gasteiger partial charge in [-0.1, -0.05) is 17.7 Å². The van der Waals surface area contributed by atoms with Crippen LogP contribution in [0.15, 0.2) is 36.5 Å². The fourth-order valence-corrected chi connectivity index (χ4v) is 2.71. The average Bonchev–Trinajstić information content (AvgIpc) is 2.55. The van der Waals surface area contributed by atoms with Crippen molar-refractivity contribution in [3.05, 3.63) is 53.2 Å². The zero-order valence-corrected chi connectivity index (χ0v) is 16.9. The van der Waals surface area contributed by atoms with E-state index in [4.69, 9.17) is 0 Å². The molecule has 0 saturated heterocycles. The van der Waals surface area contributed by atoms with Gasteiger partial charge in [-0.3, -0.25) is 9.59 Å². The quantitative estimate of drug-likeness (QED) is 0.848. The van der Waals surface area contributed by atoms with E-state index in [-0.39, 0.29) is 23.9 Å². The van der Waals surface area contributed by atoms with Crippen LogP contribution in [0.3, 0.4) is 0 Å². The van der Waals surface area contributed by atoms with Crippen LogP contribution in [0.4, 0.5) is 11.5 Å². The molecule has 2 aromatic rings. The maximum atomic E-state index is 12.9. The summed E-state index contributed by atoms with van der Waals surface area (Å²) in [4.78, 5) is 30.7. The molecule has 0 aliphatic rings. The summed E-state index contributed by atoms with van der Waals surface area (Å²) < 4.78 is 0. The van der Waals surface area contributed by atoms with Crippen molar-refractivity contribution in [2.45, 2.75) is 40.2 Å². The van der Waals surface area contributed by atoms with Gasteiger partial charge in [0.2, 0.25) is 5.91 Å². The van der Waals surface area contributed by atoms with Crippen LogP contribution in [0.25, 0.3) is 0 Å². The van der Waals surface area contributed by atoms with Crippen molar-refractivity contribution >= 4 is 23.3 Å². The van der Waals surface area contributed by atoms with Gasteiger partial charge in [-0.25, -0.2) is 4.98 Å². The van der Waals surface area contributed by atoms with Gasteiger partial charge >= 0.3 is 0 Å². The third kappa shape index (κ3) is 5.81. The normalized spacial score (nSPS) is 11.0. The molecular weight excluding hydrogens is 340 g/mol. The molecule has 2 rings (SSSR count). The van der Waals surface area contributed by atoms with E-state index in [9.17, 15) is 9.59 Å². The number of aryl methyl sites for hydroxylation is 2. The number of rotatable bonds is 5. The summed E-state index contributed by atoms with van der Waals surface area (Å²) in [7, 11) is 1.61. The van der Waals surface area contributed by atoms with E-state index in [1.165, 1.54) is 10.5 Å². The van der Waals surface area contributed by atoms with Crippen molar-refractivity contribution in [1.29, 1.82) is 0 Å². The van der Waals surface area contributed by atoms with Gasteiger partial charge in [-0.2, -0.15) is 0 Å². The van der Waals surface area contributed by atoms with Gasteiger partial charge in [-0.05, 0) is 58.4 Å². The molecule has 0 fully saturated rings. The second kappa shape index (κ2) is 8.20. The molecule has 0 radical (unpaired) electrons. The van der Waals surface area contributed by atoms with E-state index in [2.05, 4.69) is 21.7 Å². The minimum Gasteiger partial charge on any atom is -0.350 e. The lowest BCUT2D eigenvalue weighted by atomic mass is 10.1. The Labute approximate surface area is 161 Å². The summed E-state index contributed by atoms with van der Waals surface area (Å²) in [5.74, 6) is 0.00286. The van der Waals surface area contributed by atoms with Crippen molar-refractivity contribution < 1.29 is 9.59 Å². The van der Waals surface area contributed by atoms with Gasteiger partial charge in [0.1, 0.15) is 5.82 Å². The van der Waals surface area contributed by atoms with Crippen LogP contribution >= 0.6 is 0 Å². The van der Waals surface area contributed by atoms with Crippen LogP contribution < -0.4 is 10.6 Å². The number of anilines is 2. The zero-order chi connectivity index (χ0) is 20.2. The highest BCUT2D eigenvalue weighted by Crippen LogP contribution is 2.23. The lowest BCUT2D eigenvalue weighted by Crippen LogP contribution is -2.46. The Kier molecular flexibility index (Phi) is 6.20. The van der Waals surface area contributed by atoms with Crippen molar-refractivity contribution in [1.82, 2.24) is 15.2 Å². The Hall–Kier alpha value is -2.89. The molecule has 0 aliphatic carbocycles. The van der Waals surface area contributed by atoms with E-state index in [0.29, 0.717) is 11.4 Å². The first kappa shape index (κ1) is 20.4. The summed E-state index contributed by atoms with van der Waals surface area (Å²) in [6, 6.07) is 9.45. The van der Waals surface area contributed by atoms with Crippen LogP contribution in [0.5, 0.6) is 0 Å². The standard InChI is InChI=1S/C21H28N4O2/c1-14-9-10-17(15(2)12-14)23-19-16(8-7-11-22-19)20(27)25(6)13-18(26)24-21(3,4)5/h7-12H,13H2,1-6H3,(H,22,23)(H,24,26). The summed E-state index contributed by atoms with van der Waals surface area (Å²) in [6.07, 6.45) is 1.63. The SMILES string of the molecule is Cc1ccc(Nc2ncccc2C(=O)N(C)CC(=O)NC(C)(C)C)c(C)c1. The number of benzene rings is 1. The van der Waals surface area contributed by atoms with E-state index >= 15 is 0 Å². The van der Waals surface area contributed by atoms with E-state index in [0.717, 1.165) is 11.3 Å². The molecule has 27 heavy (non-hydrogen) atoms. The van der Waals surface area contributed by atoms with Gasteiger partial charge in [0.15, 0.2) is 0 Å². The van der Waals surface area contributed by atoms with Crippen LogP contribution in [0.1, 0.15) is 42.3 Å². The van der Waals surface area contributed by atoms with E-state index in [1.54, 1.807) is 25.4 Å². The molecule has 6 nitrogen and oxygen atoms in total. The van der Waals surface area contributed by atoms with Crippen molar-refractivity contribution in [2.75, 3.05) is 18.9 Å². The fourth-order valence-electron chi connectivity index (χ4n) is 2.71. The minimum absolute atomic E-state index is 0.0198. The molecular formula is C21H28N4O2. The molecule has 0 bridgehead atoms. The first-order valence-electron chi connectivity index (χ1n) is 8.92. The number of aromatic nitrogens is 1. The summed E-state index contributed by atoms with van der Waals surface area (Å²) in [6.45, 7) is 9.72. The highest BCUT2D eigenvalue weighted by Gasteiger charge is 2.21. The Morgan fingerprint density at radius 2 is 1.85 bits per heavy atom. The van der Waals surface area contributed by atoms with Gasteiger partial charge in [0, 0.05) is 24.5 Å². The molecule has 144 valence electrons. The molecule has 1 aromatic carbocycles. The Morgan fingerprint density at radius 1 is 1.15 bits per heavy atom. The monoisotopic (exact) mass is 368 g/mol. The zero-order valence-electron chi connectivity index (χ0n) is 16.9. The predicted octanol–water partition coefficient (Wildman–Crippen LogP) is 3.43. The largest absolute Gasteiger partial charge is 0.350 e. The van der Waals surface area contributed by atoms with Crippen LogP contribution in [-0.2, 0) is 4.79 Å². The molecule has 1 heterocycles. The molecule has 6 heteroatoms. The predicted molar refractivity (Wildman–Crippen MR) is 108 cm³/mol. The molecule has 2 N–H and O–H groups in total. The lowest BCUT2D eigenvalue weighted by Gasteiger charge is -2.24. The summed E-state index contributed by atoms with van der Waals surface area (Å²) in [5.41, 5.74) is 3.20. The maximum absolute atomic E-state index is 12.9. The molecule has 0 unspecified atom stereocenters. The summed E-state index contributed by atoms with van der Waals surface area (Å²) in [5, 5.41) is 6.10. The molecule has 0 spiro atoms.